The van der Waals surface area contributed by atoms with Crippen molar-refractivity contribution in [2.45, 2.75) is 12.8 Å². The van der Waals surface area contributed by atoms with Crippen molar-refractivity contribution in [1.82, 2.24) is 4.98 Å². The van der Waals surface area contributed by atoms with E-state index in [1.807, 2.05) is 30.3 Å². The number of benzene rings is 2. The second kappa shape index (κ2) is 5.88. The van der Waals surface area contributed by atoms with Crippen LogP contribution >= 0.6 is 11.3 Å². The molecule has 2 aromatic carbocycles. The highest BCUT2D eigenvalue weighted by Gasteiger charge is 2.04. The fraction of sp³-hybridized carbons (Fsp3) is 0.118. The van der Waals surface area contributed by atoms with Crippen LogP contribution in [0, 0.1) is 0 Å². The summed E-state index contributed by atoms with van der Waals surface area (Å²) in [4.78, 5) is 4.70. The van der Waals surface area contributed by atoms with Crippen molar-refractivity contribution in [1.29, 1.82) is 0 Å². The number of rotatable bonds is 4. The van der Waals surface area contributed by atoms with Crippen LogP contribution in [0.1, 0.15) is 10.6 Å². The molecular formula is C17H16N2S. The average Bonchev–Trinajstić information content (AvgIpc) is 2.96. The van der Waals surface area contributed by atoms with Gasteiger partial charge in [0.25, 0.3) is 0 Å². The summed E-state index contributed by atoms with van der Waals surface area (Å²) in [5, 5.41) is 3.30. The first kappa shape index (κ1) is 12.9. The molecule has 0 aliphatic heterocycles. The number of nitrogens with two attached hydrogens (primary N) is 1. The molecule has 3 heteroatoms. The molecule has 1 aromatic heterocycles. The Labute approximate surface area is 122 Å². The van der Waals surface area contributed by atoms with E-state index in [4.69, 9.17) is 10.7 Å². The molecule has 0 spiro atoms. The molecule has 0 aliphatic carbocycles. The minimum Gasteiger partial charge on any atom is -0.399 e. The number of thiazole rings is 1. The van der Waals surface area contributed by atoms with Gasteiger partial charge >= 0.3 is 0 Å². The van der Waals surface area contributed by atoms with E-state index in [1.165, 1.54) is 10.6 Å². The van der Waals surface area contributed by atoms with Crippen LogP contribution in [-0.2, 0) is 12.8 Å². The predicted octanol–water partition coefficient (Wildman–Crippen LogP) is 4.18. The van der Waals surface area contributed by atoms with Crippen molar-refractivity contribution in [2.24, 2.45) is 0 Å². The van der Waals surface area contributed by atoms with Gasteiger partial charge in [-0.1, -0.05) is 42.5 Å². The van der Waals surface area contributed by atoms with Crippen molar-refractivity contribution < 1.29 is 0 Å². The van der Waals surface area contributed by atoms with Crippen molar-refractivity contribution in [3.8, 4) is 11.3 Å². The molecule has 3 rings (SSSR count). The van der Waals surface area contributed by atoms with Crippen LogP contribution in [0.3, 0.4) is 0 Å². The molecule has 20 heavy (non-hydrogen) atoms. The van der Waals surface area contributed by atoms with Crippen LogP contribution in [0.5, 0.6) is 0 Å². The molecule has 1 heterocycles. The lowest BCUT2D eigenvalue weighted by Crippen LogP contribution is -1.90. The summed E-state index contributed by atoms with van der Waals surface area (Å²) >= 11 is 1.73. The fourth-order valence-corrected chi connectivity index (χ4v) is 2.92. The molecule has 0 fully saturated rings. The molecule has 2 N–H and O–H groups in total. The average molecular weight is 280 g/mol. The number of aromatic nitrogens is 1. The molecule has 0 bridgehead atoms. The lowest BCUT2D eigenvalue weighted by Gasteiger charge is -1.99. The van der Waals surface area contributed by atoms with E-state index >= 15 is 0 Å². The number of hydrogen-bond acceptors (Lipinski definition) is 3. The minimum atomic E-state index is 0.785. The summed E-state index contributed by atoms with van der Waals surface area (Å²) in [6, 6.07) is 18.4. The van der Waals surface area contributed by atoms with E-state index in [9.17, 15) is 0 Å². The maximum absolute atomic E-state index is 5.70. The Morgan fingerprint density at radius 1 is 0.900 bits per heavy atom. The Kier molecular flexibility index (Phi) is 3.79. The smallest absolute Gasteiger partial charge is 0.0935 e. The van der Waals surface area contributed by atoms with Crippen LogP contribution in [0.4, 0.5) is 5.69 Å². The Bertz CT molecular complexity index is 672. The molecule has 0 unspecified atom stereocenters. The third-order valence-corrected chi connectivity index (χ3v) is 4.14. The Balaban J connectivity index is 1.69. The molecule has 0 aliphatic rings. The first-order valence-electron chi connectivity index (χ1n) is 6.65. The zero-order valence-electron chi connectivity index (χ0n) is 11.1. The van der Waals surface area contributed by atoms with Crippen LogP contribution in [-0.4, -0.2) is 4.98 Å². The molecule has 2 nitrogen and oxygen atoms in total. The van der Waals surface area contributed by atoms with Gasteiger partial charge in [-0.15, -0.1) is 11.3 Å². The first-order valence-corrected chi connectivity index (χ1v) is 7.53. The molecule has 3 aromatic rings. The van der Waals surface area contributed by atoms with Gasteiger partial charge in [0.1, 0.15) is 0 Å². The van der Waals surface area contributed by atoms with Crippen LogP contribution < -0.4 is 5.73 Å². The third-order valence-electron chi connectivity index (χ3n) is 3.23. The normalized spacial score (nSPS) is 10.6. The summed E-state index contributed by atoms with van der Waals surface area (Å²) in [7, 11) is 0. The van der Waals surface area contributed by atoms with Gasteiger partial charge in [0.05, 0.1) is 10.7 Å². The Morgan fingerprint density at radius 2 is 1.65 bits per heavy atom. The monoisotopic (exact) mass is 280 g/mol. The summed E-state index contributed by atoms with van der Waals surface area (Å²) in [5.74, 6) is 0. The van der Waals surface area contributed by atoms with Gasteiger partial charge in [0.2, 0.25) is 0 Å². The van der Waals surface area contributed by atoms with Crippen LogP contribution in [0.2, 0.25) is 0 Å². The quantitative estimate of drug-likeness (QED) is 0.728. The largest absolute Gasteiger partial charge is 0.399 e. The molecule has 0 radical (unpaired) electrons. The SMILES string of the molecule is Nc1ccc(-c2csc(CCc3ccccc3)n2)cc1. The van der Waals surface area contributed by atoms with Crippen LogP contribution in [0.25, 0.3) is 11.3 Å². The highest BCUT2D eigenvalue weighted by Crippen LogP contribution is 2.23. The summed E-state index contributed by atoms with van der Waals surface area (Å²) in [6.07, 6.45) is 2.03. The van der Waals surface area contributed by atoms with Gasteiger partial charge in [-0.25, -0.2) is 4.98 Å². The standard InChI is InChI=1S/C17H16N2S/c18-15-9-7-14(8-10-15)16-12-20-17(19-16)11-6-13-4-2-1-3-5-13/h1-5,7-10,12H,6,11,18H2. The molecule has 0 atom stereocenters. The molecule has 0 saturated heterocycles. The van der Waals surface area contributed by atoms with Crippen molar-refractivity contribution in [2.75, 3.05) is 5.73 Å². The summed E-state index contributed by atoms with van der Waals surface area (Å²) in [5.41, 5.74) is 10.0. The highest BCUT2D eigenvalue weighted by atomic mass is 32.1. The Morgan fingerprint density at radius 3 is 2.40 bits per heavy atom. The zero-order valence-corrected chi connectivity index (χ0v) is 11.9. The molecule has 0 amide bonds. The van der Waals surface area contributed by atoms with Gasteiger partial charge < -0.3 is 5.73 Å². The number of anilines is 1. The number of hydrogen-bond donors (Lipinski definition) is 1. The zero-order chi connectivity index (χ0) is 13.8. The van der Waals surface area contributed by atoms with Crippen LogP contribution in [0.15, 0.2) is 60.0 Å². The number of nitrogens with zero attached hydrogens (tertiary/aromatic N) is 1. The minimum absolute atomic E-state index is 0.785. The van der Waals surface area contributed by atoms with E-state index in [0.717, 1.165) is 29.8 Å². The van der Waals surface area contributed by atoms with E-state index in [-0.39, 0.29) is 0 Å². The maximum Gasteiger partial charge on any atom is 0.0935 e. The Hall–Kier alpha value is -2.13. The number of aryl methyl sites for hydroxylation is 2. The fourth-order valence-electron chi connectivity index (χ4n) is 2.11. The summed E-state index contributed by atoms with van der Waals surface area (Å²) in [6.45, 7) is 0. The topological polar surface area (TPSA) is 38.9 Å². The van der Waals surface area contributed by atoms with E-state index in [2.05, 4.69) is 29.6 Å². The molecular weight excluding hydrogens is 264 g/mol. The maximum atomic E-state index is 5.70. The second-order valence-electron chi connectivity index (χ2n) is 4.73. The van der Waals surface area contributed by atoms with E-state index in [0.29, 0.717) is 0 Å². The lowest BCUT2D eigenvalue weighted by atomic mass is 10.1. The third kappa shape index (κ3) is 3.06. The van der Waals surface area contributed by atoms with Crippen molar-refractivity contribution >= 4 is 17.0 Å². The van der Waals surface area contributed by atoms with Gasteiger partial charge in [-0.3, -0.25) is 0 Å². The molecule has 0 saturated carbocycles. The van der Waals surface area contributed by atoms with Gasteiger partial charge in [0, 0.05) is 23.1 Å². The van der Waals surface area contributed by atoms with Gasteiger partial charge in [0.15, 0.2) is 0 Å². The van der Waals surface area contributed by atoms with Crippen molar-refractivity contribution in [3.05, 3.63) is 70.5 Å². The van der Waals surface area contributed by atoms with E-state index < -0.39 is 0 Å². The predicted molar refractivity (Wildman–Crippen MR) is 85.8 cm³/mol. The number of nitrogen functional groups attached to an aromatic ring is 1. The highest BCUT2D eigenvalue weighted by molar-refractivity contribution is 7.09. The lowest BCUT2D eigenvalue weighted by molar-refractivity contribution is 0.945. The van der Waals surface area contributed by atoms with Crippen molar-refractivity contribution in [3.63, 3.8) is 0 Å². The second-order valence-corrected chi connectivity index (χ2v) is 5.68. The first-order chi connectivity index (χ1) is 9.81. The molecule has 100 valence electrons. The summed E-state index contributed by atoms with van der Waals surface area (Å²) < 4.78 is 0. The van der Waals surface area contributed by atoms with Gasteiger partial charge in [-0.2, -0.15) is 0 Å². The van der Waals surface area contributed by atoms with E-state index in [1.54, 1.807) is 11.3 Å². The van der Waals surface area contributed by atoms with Gasteiger partial charge in [-0.05, 0) is 24.1 Å².